The second kappa shape index (κ2) is 7.19. The van der Waals surface area contributed by atoms with Gasteiger partial charge in [-0.3, -0.25) is 4.79 Å². The Bertz CT molecular complexity index is 786. The van der Waals surface area contributed by atoms with E-state index in [0.29, 0.717) is 0 Å². The first-order valence-electron chi connectivity index (χ1n) is 6.45. The van der Waals surface area contributed by atoms with E-state index in [1.165, 1.54) is 36.5 Å². The molecule has 0 atom stereocenters. The number of carbonyl (C=O) groups excluding carboxylic acids is 1. The summed E-state index contributed by atoms with van der Waals surface area (Å²) in [5, 5.41) is 11.7. The minimum Gasteiger partial charge on any atom is -0.483 e. The van der Waals surface area contributed by atoms with Gasteiger partial charge in [0.15, 0.2) is 6.61 Å². The van der Waals surface area contributed by atoms with E-state index in [1.54, 1.807) is 6.07 Å². The number of alkyl halides is 3. The summed E-state index contributed by atoms with van der Waals surface area (Å²) in [6, 6.07) is 8.33. The van der Waals surface area contributed by atoms with Crippen LogP contribution in [0.25, 0.3) is 0 Å². The maximum Gasteiger partial charge on any atom is 0.422 e. The SMILES string of the molecule is N#Cc1cc(NC(=O)c2ccc(Cl)nc2)ccc1OCC(F)(F)F. The van der Waals surface area contributed by atoms with Crippen molar-refractivity contribution in [3.05, 3.63) is 52.8 Å². The van der Waals surface area contributed by atoms with Crippen LogP contribution in [0.4, 0.5) is 18.9 Å². The maximum absolute atomic E-state index is 12.2. The largest absolute Gasteiger partial charge is 0.483 e. The predicted molar refractivity (Wildman–Crippen MR) is 79.9 cm³/mol. The summed E-state index contributed by atoms with van der Waals surface area (Å²) < 4.78 is 41.1. The molecule has 24 heavy (non-hydrogen) atoms. The first-order chi connectivity index (χ1) is 11.3. The minimum absolute atomic E-state index is 0.133. The molecule has 0 saturated carbocycles. The lowest BCUT2D eigenvalue weighted by Gasteiger charge is -2.12. The molecule has 0 spiro atoms. The first kappa shape index (κ1) is 17.6. The molecule has 1 heterocycles. The van der Waals surface area contributed by atoms with Gasteiger partial charge in [0, 0.05) is 11.9 Å². The van der Waals surface area contributed by atoms with Gasteiger partial charge in [-0.25, -0.2) is 4.98 Å². The van der Waals surface area contributed by atoms with Gasteiger partial charge in [-0.1, -0.05) is 11.6 Å². The topological polar surface area (TPSA) is 75.0 Å². The lowest BCUT2D eigenvalue weighted by Crippen LogP contribution is -2.19. The number of anilines is 1. The third-order valence-corrected chi connectivity index (χ3v) is 2.96. The van der Waals surface area contributed by atoms with Gasteiger partial charge in [0.25, 0.3) is 5.91 Å². The fourth-order valence-corrected chi connectivity index (χ4v) is 1.81. The molecule has 0 bridgehead atoms. The van der Waals surface area contributed by atoms with E-state index in [2.05, 4.69) is 15.0 Å². The number of rotatable bonds is 4. The minimum atomic E-state index is -4.51. The van der Waals surface area contributed by atoms with Crippen molar-refractivity contribution >= 4 is 23.2 Å². The number of aromatic nitrogens is 1. The monoisotopic (exact) mass is 355 g/mol. The van der Waals surface area contributed by atoms with Crippen LogP contribution in [-0.4, -0.2) is 23.7 Å². The van der Waals surface area contributed by atoms with Gasteiger partial charge in [-0.15, -0.1) is 0 Å². The van der Waals surface area contributed by atoms with Gasteiger partial charge in [0.2, 0.25) is 0 Å². The van der Waals surface area contributed by atoms with Gasteiger partial charge in [-0.05, 0) is 30.3 Å². The molecule has 0 saturated heterocycles. The summed E-state index contributed by atoms with van der Waals surface area (Å²) in [5.41, 5.74) is 0.326. The number of nitrogens with zero attached hydrogens (tertiary/aromatic N) is 2. The Morgan fingerprint density at radius 2 is 2.08 bits per heavy atom. The fraction of sp³-hybridized carbons (Fsp3) is 0.133. The lowest BCUT2D eigenvalue weighted by molar-refractivity contribution is -0.153. The predicted octanol–water partition coefficient (Wildman–Crippen LogP) is 3.80. The highest BCUT2D eigenvalue weighted by Crippen LogP contribution is 2.25. The molecule has 0 radical (unpaired) electrons. The molecule has 1 amide bonds. The summed E-state index contributed by atoms with van der Waals surface area (Å²) in [5.74, 6) is -0.729. The van der Waals surface area contributed by atoms with E-state index in [9.17, 15) is 18.0 Å². The third-order valence-electron chi connectivity index (χ3n) is 2.74. The standard InChI is InChI=1S/C15H9ClF3N3O2/c16-13-4-1-9(7-21-13)14(23)22-11-2-3-12(10(5-11)6-20)24-8-15(17,18)19/h1-5,7H,8H2,(H,22,23). The second-order valence-corrected chi connectivity index (χ2v) is 4.94. The van der Waals surface area contributed by atoms with Crippen LogP contribution in [0.5, 0.6) is 5.75 Å². The van der Waals surface area contributed by atoms with Gasteiger partial charge in [-0.2, -0.15) is 18.4 Å². The summed E-state index contributed by atoms with van der Waals surface area (Å²) >= 11 is 5.62. The second-order valence-electron chi connectivity index (χ2n) is 4.55. The van der Waals surface area contributed by atoms with E-state index in [-0.39, 0.29) is 27.7 Å². The van der Waals surface area contributed by atoms with Crippen LogP contribution in [0.1, 0.15) is 15.9 Å². The van der Waals surface area contributed by atoms with E-state index >= 15 is 0 Å². The molecule has 2 aromatic rings. The summed E-state index contributed by atoms with van der Waals surface area (Å²) in [6.07, 6.45) is -3.25. The Kier molecular flexibility index (Phi) is 5.26. The Labute approximate surface area is 139 Å². The first-order valence-corrected chi connectivity index (χ1v) is 6.83. The molecule has 0 unspecified atom stereocenters. The normalized spacial score (nSPS) is 10.8. The van der Waals surface area contributed by atoms with Crippen LogP contribution in [0.2, 0.25) is 5.15 Å². The molecule has 5 nitrogen and oxygen atoms in total. The molecule has 1 aromatic heterocycles. The highest BCUT2D eigenvalue weighted by molar-refractivity contribution is 6.29. The number of benzene rings is 1. The zero-order valence-corrected chi connectivity index (χ0v) is 12.6. The Balaban J connectivity index is 2.13. The molecule has 124 valence electrons. The third kappa shape index (κ3) is 4.86. The van der Waals surface area contributed by atoms with Crippen molar-refractivity contribution in [1.29, 1.82) is 5.26 Å². The van der Waals surface area contributed by atoms with Crippen molar-refractivity contribution in [2.45, 2.75) is 6.18 Å². The summed E-state index contributed by atoms with van der Waals surface area (Å²) in [6.45, 7) is -1.51. The van der Waals surface area contributed by atoms with Crippen molar-refractivity contribution in [3.63, 3.8) is 0 Å². The Hall–Kier alpha value is -2.79. The molecule has 0 aliphatic heterocycles. The molecule has 2 rings (SSSR count). The van der Waals surface area contributed by atoms with Crippen molar-refractivity contribution in [3.8, 4) is 11.8 Å². The number of halogens is 4. The van der Waals surface area contributed by atoms with Crippen molar-refractivity contribution in [1.82, 2.24) is 4.98 Å². The molecule has 1 N–H and O–H groups in total. The number of nitrogens with one attached hydrogen (secondary N) is 1. The number of nitriles is 1. The molecule has 0 aliphatic carbocycles. The van der Waals surface area contributed by atoms with Crippen LogP contribution >= 0.6 is 11.6 Å². The Morgan fingerprint density at radius 1 is 1.33 bits per heavy atom. The lowest BCUT2D eigenvalue weighted by atomic mass is 10.2. The Morgan fingerprint density at radius 3 is 2.67 bits per heavy atom. The van der Waals surface area contributed by atoms with Crippen LogP contribution < -0.4 is 10.1 Å². The van der Waals surface area contributed by atoms with Gasteiger partial charge >= 0.3 is 6.18 Å². The van der Waals surface area contributed by atoms with Crippen molar-refractivity contribution in [2.75, 3.05) is 11.9 Å². The average molecular weight is 356 g/mol. The van der Waals surface area contributed by atoms with E-state index < -0.39 is 18.7 Å². The van der Waals surface area contributed by atoms with Crippen LogP contribution in [0.15, 0.2) is 36.5 Å². The number of carbonyl (C=O) groups is 1. The number of hydrogen-bond acceptors (Lipinski definition) is 4. The number of ether oxygens (including phenoxy) is 1. The molecule has 0 fully saturated rings. The fourth-order valence-electron chi connectivity index (χ4n) is 1.69. The number of pyridine rings is 1. The number of amides is 1. The molecular weight excluding hydrogens is 347 g/mol. The van der Waals surface area contributed by atoms with Gasteiger partial charge < -0.3 is 10.1 Å². The van der Waals surface area contributed by atoms with Crippen molar-refractivity contribution < 1.29 is 22.7 Å². The van der Waals surface area contributed by atoms with Gasteiger partial charge in [0.05, 0.1) is 11.1 Å². The van der Waals surface area contributed by atoms with Crippen LogP contribution in [-0.2, 0) is 0 Å². The molecule has 0 aliphatic rings. The van der Waals surface area contributed by atoms with E-state index in [4.69, 9.17) is 16.9 Å². The zero-order valence-electron chi connectivity index (χ0n) is 11.9. The van der Waals surface area contributed by atoms with Crippen LogP contribution in [0.3, 0.4) is 0 Å². The highest BCUT2D eigenvalue weighted by Gasteiger charge is 2.28. The molecule has 1 aromatic carbocycles. The van der Waals surface area contributed by atoms with Gasteiger partial charge in [0.1, 0.15) is 17.0 Å². The maximum atomic E-state index is 12.2. The smallest absolute Gasteiger partial charge is 0.422 e. The van der Waals surface area contributed by atoms with E-state index in [0.717, 1.165) is 0 Å². The number of hydrogen-bond donors (Lipinski definition) is 1. The summed E-state index contributed by atoms with van der Waals surface area (Å²) in [4.78, 5) is 15.8. The highest BCUT2D eigenvalue weighted by atomic mass is 35.5. The quantitative estimate of drug-likeness (QED) is 0.846. The van der Waals surface area contributed by atoms with E-state index in [1.807, 2.05) is 0 Å². The zero-order chi connectivity index (χ0) is 17.7. The van der Waals surface area contributed by atoms with Crippen LogP contribution in [0, 0.1) is 11.3 Å². The van der Waals surface area contributed by atoms with Crippen molar-refractivity contribution in [2.24, 2.45) is 0 Å². The average Bonchev–Trinajstić information content (AvgIpc) is 2.53. The molecular formula is C15H9ClF3N3O2. The summed E-state index contributed by atoms with van der Waals surface area (Å²) in [7, 11) is 0. The molecule has 9 heteroatoms.